The van der Waals surface area contributed by atoms with E-state index in [1.807, 2.05) is 0 Å². The van der Waals surface area contributed by atoms with E-state index in [0.29, 0.717) is 11.4 Å². The first kappa shape index (κ1) is 18.9. The highest BCUT2D eigenvalue weighted by Gasteiger charge is 2.24. The largest absolute Gasteiger partial charge is 0.478 e. The minimum Gasteiger partial charge on any atom is -0.478 e. The number of carbonyl (C=O) groups is 3. The van der Waals surface area contributed by atoms with Gasteiger partial charge in [-0.15, -0.1) is 0 Å². The third-order valence-corrected chi connectivity index (χ3v) is 4.32. The Labute approximate surface area is 158 Å². The minimum atomic E-state index is -1.18. The van der Waals surface area contributed by atoms with Gasteiger partial charge in [0.25, 0.3) is 0 Å². The Hall–Kier alpha value is -3.88. The van der Waals surface area contributed by atoms with Gasteiger partial charge in [0.05, 0.1) is 22.9 Å². The molecule has 0 bridgehead atoms. The van der Waals surface area contributed by atoms with Gasteiger partial charge in [-0.05, 0) is 18.2 Å². The number of nitrogens with zero attached hydrogens (tertiary/aromatic N) is 3. The Kier molecular flexibility index (Phi) is 4.99. The molecule has 2 aromatic heterocycles. The molecule has 3 rings (SSSR count). The molecule has 9 nitrogen and oxygen atoms in total. The van der Waals surface area contributed by atoms with Gasteiger partial charge < -0.3 is 15.3 Å². The minimum absolute atomic E-state index is 0.0314. The first-order valence-electron chi connectivity index (χ1n) is 8.20. The molecule has 0 fully saturated rings. The van der Waals surface area contributed by atoms with Crippen LogP contribution in [0.25, 0.3) is 11.4 Å². The molecule has 0 spiro atoms. The smallest absolute Gasteiger partial charge is 0.336 e. The summed E-state index contributed by atoms with van der Waals surface area (Å²) >= 11 is 0. The van der Waals surface area contributed by atoms with E-state index in [1.54, 1.807) is 11.6 Å². The number of hydrogen-bond acceptors (Lipinski definition) is 5. The highest BCUT2D eigenvalue weighted by Crippen LogP contribution is 2.29. The molecule has 0 saturated heterocycles. The zero-order valence-corrected chi connectivity index (χ0v) is 14.7. The average Bonchev–Trinajstić information content (AvgIpc) is 2.67. The first-order chi connectivity index (χ1) is 13.3. The van der Waals surface area contributed by atoms with Crippen molar-refractivity contribution in [3.8, 4) is 11.4 Å². The standard InChI is InChI=1S/C19H15N3O6/c1-22-5-3-11(18(25)26)9-16(22)15-8-12(19(27)28)7-14(21-15)13-6-10(17(23)24)2-4-20-13/h2-5,7-9,13H,6H2,1H3,(H2-,23,24,25,26,27,28)/p+1. The second kappa shape index (κ2) is 7.39. The number of rotatable bonds is 5. The van der Waals surface area contributed by atoms with Crippen molar-refractivity contribution in [2.75, 3.05) is 0 Å². The summed E-state index contributed by atoms with van der Waals surface area (Å²) in [6.45, 7) is 0. The molecule has 9 heteroatoms. The van der Waals surface area contributed by atoms with Gasteiger partial charge in [-0.3, -0.25) is 4.99 Å². The Balaban J connectivity index is 2.12. The molecule has 28 heavy (non-hydrogen) atoms. The van der Waals surface area contributed by atoms with Crippen molar-refractivity contribution >= 4 is 24.1 Å². The van der Waals surface area contributed by atoms with Crippen LogP contribution in [0.5, 0.6) is 0 Å². The number of aromatic nitrogens is 2. The predicted molar refractivity (Wildman–Crippen MR) is 96.3 cm³/mol. The van der Waals surface area contributed by atoms with Crippen LogP contribution in [0.15, 0.2) is 47.1 Å². The average molecular weight is 382 g/mol. The fourth-order valence-corrected chi connectivity index (χ4v) is 2.84. The van der Waals surface area contributed by atoms with Crippen molar-refractivity contribution in [3.63, 3.8) is 0 Å². The van der Waals surface area contributed by atoms with Gasteiger partial charge in [-0.1, -0.05) is 0 Å². The molecular formula is C19H16N3O6+. The van der Waals surface area contributed by atoms with Crippen molar-refractivity contribution in [3.05, 3.63) is 58.9 Å². The Bertz CT molecular complexity index is 1060. The van der Waals surface area contributed by atoms with Crippen LogP contribution < -0.4 is 4.57 Å². The highest BCUT2D eigenvalue weighted by molar-refractivity contribution is 5.93. The number of aliphatic imine (C=N–C) groups is 1. The van der Waals surface area contributed by atoms with Crippen LogP contribution in [0.3, 0.4) is 0 Å². The lowest BCUT2D eigenvalue weighted by Gasteiger charge is -2.16. The van der Waals surface area contributed by atoms with E-state index in [4.69, 9.17) is 0 Å². The van der Waals surface area contributed by atoms with Crippen molar-refractivity contribution in [2.24, 2.45) is 12.0 Å². The third kappa shape index (κ3) is 3.78. The van der Waals surface area contributed by atoms with E-state index >= 15 is 0 Å². The SMILES string of the molecule is C[n+]1ccc(C(=O)O)cc1-c1cc(C(=O)O)cc(C2CC(C(=O)O)=CC=N2)n1. The molecule has 1 aliphatic heterocycles. The molecule has 0 aromatic carbocycles. The number of aromatic carboxylic acids is 2. The van der Waals surface area contributed by atoms with Crippen LogP contribution in [0.1, 0.15) is 38.9 Å². The van der Waals surface area contributed by atoms with E-state index in [-0.39, 0.29) is 28.8 Å². The molecule has 0 aliphatic carbocycles. The van der Waals surface area contributed by atoms with Crippen molar-refractivity contribution < 1.29 is 34.3 Å². The van der Waals surface area contributed by atoms with Gasteiger partial charge in [-0.2, -0.15) is 4.57 Å². The van der Waals surface area contributed by atoms with Crippen LogP contribution in [-0.4, -0.2) is 44.4 Å². The Morgan fingerprint density at radius 3 is 2.39 bits per heavy atom. The molecule has 1 unspecified atom stereocenters. The van der Waals surface area contributed by atoms with Crippen LogP contribution in [0.4, 0.5) is 0 Å². The molecule has 3 N–H and O–H groups in total. The van der Waals surface area contributed by atoms with Gasteiger partial charge in [0, 0.05) is 30.3 Å². The molecule has 2 aromatic rings. The molecule has 3 heterocycles. The summed E-state index contributed by atoms with van der Waals surface area (Å²) in [7, 11) is 1.68. The van der Waals surface area contributed by atoms with Crippen molar-refractivity contribution in [2.45, 2.75) is 12.5 Å². The summed E-state index contributed by atoms with van der Waals surface area (Å²) in [4.78, 5) is 42.8. The molecule has 0 saturated carbocycles. The van der Waals surface area contributed by atoms with Crippen molar-refractivity contribution in [1.82, 2.24) is 4.98 Å². The van der Waals surface area contributed by atoms with Gasteiger partial charge in [0.1, 0.15) is 12.7 Å². The number of aliphatic carboxylic acids is 1. The molecule has 1 aliphatic rings. The topological polar surface area (TPSA) is 141 Å². The highest BCUT2D eigenvalue weighted by atomic mass is 16.4. The number of aryl methyl sites for hydroxylation is 1. The summed E-state index contributed by atoms with van der Waals surface area (Å²) in [6, 6.07) is 4.85. The number of allylic oxidation sites excluding steroid dienone is 1. The van der Waals surface area contributed by atoms with Crippen LogP contribution >= 0.6 is 0 Å². The molecule has 1 atom stereocenters. The summed E-state index contributed by atoms with van der Waals surface area (Å²) in [5, 5.41) is 27.9. The fraction of sp³-hybridized carbons (Fsp3) is 0.158. The Morgan fingerprint density at radius 1 is 1.04 bits per heavy atom. The maximum absolute atomic E-state index is 11.6. The quantitative estimate of drug-likeness (QED) is 0.665. The zero-order valence-electron chi connectivity index (χ0n) is 14.7. The van der Waals surface area contributed by atoms with E-state index in [0.717, 1.165) is 0 Å². The lowest BCUT2D eigenvalue weighted by molar-refractivity contribution is -0.660. The maximum Gasteiger partial charge on any atom is 0.336 e. The molecular weight excluding hydrogens is 366 g/mol. The predicted octanol–water partition coefficient (Wildman–Crippen LogP) is 1.50. The molecule has 142 valence electrons. The van der Waals surface area contributed by atoms with Gasteiger partial charge >= 0.3 is 17.9 Å². The lowest BCUT2D eigenvalue weighted by atomic mass is 9.99. The lowest BCUT2D eigenvalue weighted by Crippen LogP contribution is -2.31. The monoisotopic (exact) mass is 382 g/mol. The fourth-order valence-electron chi connectivity index (χ4n) is 2.84. The van der Waals surface area contributed by atoms with Gasteiger partial charge in [0.2, 0.25) is 5.69 Å². The summed E-state index contributed by atoms with van der Waals surface area (Å²) in [5.41, 5.74) is 1.06. The summed E-state index contributed by atoms with van der Waals surface area (Å²) in [6.07, 6.45) is 4.36. The number of dihydropyridines is 1. The van der Waals surface area contributed by atoms with E-state index in [1.165, 1.54) is 42.8 Å². The van der Waals surface area contributed by atoms with E-state index < -0.39 is 23.9 Å². The maximum atomic E-state index is 11.6. The second-order valence-corrected chi connectivity index (χ2v) is 6.20. The van der Waals surface area contributed by atoms with Crippen LogP contribution in [-0.2, 0) is 11.8 Å². The number of pyridine rings is 2. The number of hydrogen-bond donors (Lipinski definition) is 3. The molecule has 0 amide bonds. The zero-order chi connectivity index (χ0) is 20.4. The van der Waals surface area contributed by atoms with Crippen molar-refractivity contribution in [1.29, 1.82) is 0 Å². The normalized spacial score (nSPS) is 15.8. The number of carboxylic acid groups (broad SMARTS) is 3. The Morgan fingerprint density at radius 2 is 1.75 bits per heavy atom. The van der Waals surface area contributed by atoms with Crippen LogP contribution in [0, 0.1) is 0 Å². The van der Waals surface area contributed by atoms with Gasteiger partial charge in [0.15, 0.2) is 6.20 Å². The van der Waals surface area contributed by atoms with Gasteiger partial charge in [-0.25, -0.2) is 19.4 Å². The third-order valence-electron chi connectivity index (χ3n) is 4.32. The summed E-state index contributed by atoms with van der Waals surface area (Å²) < 4.78 is 1.62. The first-order valence-corrected chi connectivity index (χ1v) is 8.20. The molecule has 0 radical (unpaired) electrons. The van der Waals surface area contributed by atoms with Crippen LogP contribution in [0.2, 0.25) is 0 Å². The van der Waals surface area contributed by atoms with E-state index in [9.17, 15) is 29.7 Å². The number of carboxylic acids is 3. The summed E-state index contributed by atoms with van der Waals surface area (Å²) in [5.74, 6) is -3.38. The second-order valence-electron chi connectivity index (χ2n) is 6.20. The van der Waals surface area contributed by atoms with E-state index in [2.05, 4.69) is 9.98 Å².